The maximum atomic E-state index is 12.8. The molecule has 39 heavy (non-hydrogen) atoms. The Hall–Kier alpha value is -3.27. The largest absolute Gasteiger partial charge is 0.465 e. The summed E-state index contributed by atoms with van der Waals surface area (Å²) in [6.07, 6.45) is -1.85. The van der Waals surface area contributed by atoms with E-state index in [2.05, 4.69) is 0 Å². The first kappa shape index (κ1) is 30.3. The van der Waals surface area contributed by atoms with Crippen molar-refractivity contribution in [3.63, 3.8) is 0 Å². The SMILES string of the molecule is CO[C@@H]1[C@H](CO)[C@H](CCOC(=O)C(C)(C)C)O[C@@H]1C[C@@H](COC(=O)c1ccccc1)OC(=O)c1ccccc1. The summed E-state index contributed by atoms with van der Waals surface area (Å²) < 4.78 is 28.5. The summed E-state index contributed by atoms with van der Waals surface area (Å²) in [5.41, 5.74) is 0.111. The van der Waals surface area contributed by atoms with Gasteiger partial charge in [-0.1, -0.05) is 36.4 Å². The fraction of sp³-hybridized carbons (Fsp3) is 0.500. The maximum absolute atomic E-state index is 12.8. The lowest BCUT2D eigenvalue weighted by atomic mass is 9.93. The molecule has 2 aromatic carbocycles. The number of rotatable bonds is 12. The highest BCUT2D eigenvalue weighted by Crippen LogP contribution is 2.34. The van der Waals surface area contributed by atoms with Gasteiger partial charge in [0, 0.05) is 25.9 Å². The molecule has 0 amide bonds. The van der Waals surface area contributed by atoms with Crippen molar-refractivity contribution in [1.82, 2.24) is 0 Å². The highest BCUT2D eigenvalue weighted by Gasteiger charge is 2.45. The zero-order valence-corrected chi connectivity index (χ0v) is 22.9. The van der Waals surface area contributed by atoms with Crippen LogP contribution in [0.1, 0.15) is 54.3 Å². The lowest BCUT2D eigenvalue weighted by molar-refractivity contribution is -0.154. The van der Waals surface area contributed by atoms with Crippen molar-refractivity contribution < 1.29 is 43.2 Å². The van der Waals surface area contributed by atoms with Crippen LogP contribution in [0.15, 0.2) is 60.7 Å². The first-order chi connectivity index (χ1) is 18.6. The molecular formula is C30H38O9. The van der Waals surface area contributed by atoms with Crippen LogP contribution in [0.5, 0.6) is 0 Å². The molecule has 0 aromatic heterocycles. The van der Waals surface area contributed by atoms with Gasteiger partial charge in [0.1, 0.15) is 12.7 Å². The Morgan fingerprint density at radius 2 is 1.49 bits per heavy atom. The predicted octanol–water partition coefficient (Wildman–Crippen LogP) is 3.83. The van der Waals surface area contributed by atoms with Crippen LogP contribution in [-0.4, -0.2) is 74.4 Å². The van der Waals surface area contributed by atoms with E-state index in [1.54, 1.807) is 81.4 Å². The van der Waals surface area contributed by atoms with Gasteiger partial charge in [-0.15, -0.1) is 0 Å². The third-order valence-electron chi connectivity index (χ3n) is 6.53. The van der Waals surface area contributed by atoms with Crippen molar-refractivity contribution in [3.8, 4) is 0 Å². The van der Waals surface area contributed by atoms with Crippen molar-refractivity contribution in [1.29, 1.82) is 0 Å². The Morgan fingerprint density at radius 3 is 2.03 bits per heavy atom. The van der Waals surface area contributed by atoms with Crippen molar-refractivity contribution >= 4 is 17.9 Å². The van der Waals surface area contributed by atoms with Gasteiger partial charge < -0.3 is 28.8 Å². The molecule has 1 saturated heterocycles. The van der Waals surface area contributed by atoms with Crippen molar-refractivity contribution in [2.75, 3.05) is 26.9 Å². The second kappa shape index (κ2) is 14.2. The van der Waals surface area contributed by atoms with E-state index in [1.165, 1.54) is 7.11 Å². The molecule has 5 atom stereocenters. The number of ether oxygens (including phenoxy) is 5. The summed E-state index contributed by atoms with van der Waals surface area (Å²) in [4.78, 5) is 37.5. The van der Waals surface area contributed by atoms with Crippen molar-refractivity contribution in [3.05, 3.63) is 71.8 Å². The number of hydrogen-bond donors (Lipinski definition) is 1. The fourth-order valence-electron chi connectivity index (χ4n) is 4.42. The molecule has 9 heteroatoms. The van der Waals surface area contributed by atoms with Crippen LogP contribution in [0.2, 0.25) is 0 Å². The minimum absolute atomic E-state index is 0.127. The molecule has 1 fully saturated rings. The lowest BCUT2D eigenvalue weighted by Gasteiger charge is -2.25. The Labute approximate surface area is 229 Å². The number of esters is 3. The number of hydrogen-bond acceptors (Lipinski definition) is 9. The quantitative estimate of drug-likeness (QED) is 0.315. The van der Waals surface area contributed by atoms with Gasteiger partial charge in [0.05, 0.1) is 48.1 Å². The highest BCUT2D eigenvalue weighted by atomic mass is 16.6. The van der Waals surface area contributed by atoms with E-state index >= 15 is 0 Å². The van der Waals surface area contributed by atoms with Crippen LogP contribution in [0, 0.1) is 11.3 Å². The van der Waals surface area contributed by atoms with Gasteiger partial charge in [0.2, 0.25) is 0 Å². The molecule has 0 aliphatic carbocycles. The predicted molar refractivity (Wildman–Crippen MR) is 142 cm³/mol. The molecule has 0 saturated carbocycles. The van der Waals surface area contributed by atoms with Crippen LogP contribution in [0.3, 0.4) is 0 Å². The van der Waals surface area contributed by atoms with E-state index in [0.29, 0.717) is 17.5 Å². The Morgan fingerprint density at radius 1 is 0.897 bits per heavy atom. The maximum Gasteiger partial charge on any atom is 0.338 e. The Bertz CT molecular complexity index is 1060. The zero-order chi connectivity index (χ0) is 28.4. The number of carbonyl (C=O) groups excluding carboxylic acids is 3. The normalized spacial score (nSPS) is 21.7. The molecule has 0 radical (unpaired) electrons. The number of methoxy groups -OCH3 is 1. The van der Waals surface area contributed by atoms with Crippen LogP contribution in [0.25, 0.3) is 0 Å². The van der Waals surface area contributed by atoms with Gasteiger partial charge in [-0.3, -0.25) is 4.79 Å². The molecule has 1 heterocycles. The topological polar surface area (TPSA) is 118 Å². The molecule has 1 N–H and O–H groups in total. The molecule has 1 aliphatic heterocycles. The van der Waals surface area contributed by atoms with Crippen molar-refractivity contribution in [2.24, 2.45) is 11.3 Å². The monoisotopic (exact) mass is 542 g/mol. The van der Waals surface area contributed by atoms with Crippen LogP contribution < -0.4 is 0 Å². The van der Waals surface area contributed by atoms with Crippen LogP contribution in [-0.2, 0) is 28.5 Å². The first-order valence-corrected chi connectivity index (χ1v) is 13.1. The van der Waals surface area contributed by atoms with E-state index in [9.17, 15) is 19.5 Å². The lowest BCUT2D eigenvalue weighted by Crippen LogP contribution is -2.36. The Kier molecular flexibility index (Phi) is 11.0. The summed E-state index contributed by atoms with van der Waals surface area (Å²) in [7, 11) is 1.52. The van der Waals surface area contributed by atoms with E-state index < -0.39 is 41.8 Å². The second-order valence-corrected chi connectivity index (χ2v) is 10.5. The number of aliphatic hydroxyl groups excluding tert-OH is 1. The smallest absolute Gasteiger partial charge is 0.338 e. The van der Waals surface area contributed by atoms with E-state index in [-0.39, 0.29) is 38.1 Å². The first-order valence-electron chi connectivity index (χ1n) is 13.1. The molecule has 3 rings (SSSR count). The van der Waals surface area contributed by atoms with Gasteiger partial charge in [-0.05, 0) is 45.0 Å². The minimum Gasteiger partial charge on any atom is -0.465 e. The van der Waals surface area contributed by atoms with Crippen molar-refractivity contribution in [2.45, 2.75) is 58.0 Å². The number of aliphatic hydroxyl groups is 1. The summed E-state index contributed by atoms with van der Waals surface area (Å²) in [5.74, 6) is -1.81. The molecule has 0 spiro atoms. The Balaban J connectivity index is 1.70. The van der Waals surface area contributed by atoms with E-state index in [0.717, 1.165) is 0 Å². The van der Waals surface area contributed by atoms with Gasteiger partial charge in [-0.2, -0.15) is 0 Å². The number of carbonyl (C=O) groups is 3. The van der Waals surface area contributed by atoms with Crippen LogP contribution in [0.4, 0.5) is 0 Å². The third kappa shape index (κ3) is 8.61. The minimum atomic E-state index is -0.843. The standard InChI is InChI=1S/C30H38O9/c1-30(2,3)29(34)36-16-15-24-23(18-31)26(35-4)25(39-24)17-22(38-28(33)21-13-9-6-10-14-21)19-37-27(32)20-11-7-5-8-12-20/h5-14,22-26,31H,15-19H2,1-4H3/t22-,23+,24-,25+,26+/m0/s1. The third-order valence-corrected chi connectivity index (χ3v) is 6.53. The molecule has 212 valence electrons. The van der Waals surface area contributed by atoms with Crippen LogP contribution >= 0.6 is 0 Å². The average molecular weight is 543 g/mol. The number of benzene rings is 2. The molecule has 1 aliphatic rings. The molecule has 9 nitrogen and oxygen atoms in total. The summed E-state index contributed by atoms with van der Waals surface area (Å²) in [5, 5.41) is 10.1. The van der Waals surface area contributed by atoms with Gasteiger partial charge in [-0.25, -0.2) is 9.59 Å². The van der Waals surface area contributed by atoms with Gasteiger partial charge in [0.15, 0.2) is 0 Å². The molecule has 0 unspecified atom stereocenters. The summed E-state index contributed by atoms with van der Waals surface area (Å²) in [6, 6.07) is 17.0. The van der Waals surface area contributed by atoms with Gasteiger partial charge >= 0.3 is 17.9 Å². The van der Waals surface area contributed by atoms with Gasteiger partial charge in [0.25, 0.3) is 0 Å². The van der Waals surface area contributed by atoms with E-state index in [1.807, 2.05) is 0 Å². The molecule has 2 aromatic rings. The second-order valence-electron chi connectivity index (χ2n) is 10.5. The fourth-order valence-corrected chi connectivity index (χ4v) is 4.42. The molecule has 0 bridgehead atoms. The zero-order valence-electron chi connectivity index (χ0n) is 22.9. The average Bonchev–Trinajstić information content (AvgIpc) is 3.27. The highest BCUT2D eigenvalue weighted by molar-refractivity contribution is 5.90. The molecular weight excluding hydrogens is 504 g/mol. The van der Waals surface area contributed by atoms with E-state index in [4.69, 9.17) is 23.7 Å². The summed E-state index contributed by atoms with van der Waals surface area (Å²) >= 11 is 0. The summed E-state index contributed by atoms with van der Waals surface area (Å²) in [6.45, 7) is 5.05.